The number of anilines is 1. The van der Waals surface area contributed by atoms with Gasteiger partial charge in [0, 0.05) is 60.2 Å². The van der Waals surface area contributed by atoms with Gasteiger partial charge >= 0.3 is 12.1 Å². The third kappa shape index (κ3) is 21.3. The predicted molar refractivity (Wildman–Crippen MR) is 338 cm³/mol. The van der Waals surface area contributed by atoms with E-state index in [-0.39, 0.29) is 72.2 Å². The highest BCUT2D eigenvalue weighted by Gasteiger charge is 2.49. The van der Waals surface area contributed by atoms with Gasteiger partial charge in [0.2, 0.25) is 35.8 Å². The number of nitrogens with zero attached hydrogens (tertiary/aromatic N) is 3. The molecule has 2 aromatic carbocycles. The molecule has 2 aromatic rings. The Hall–Kier alpha value is -6.36. The van der Waals surface area contributed by atoms with Gasteiger partial charge in [0.05, 0.1) is 48.5 Å². The monoisotopic (exact) mass is 1280 g/mol. The number of carboxylic acid groups (broad SMARTS) is 1. The van der Waals surface area contributed by atoms with E-state index in [9.17, 15) is 63.9 Å². The number of benzene rings is 2. The maximum atomic E-state index is 14.9. The van der Waals surface area contributed by atoms with Crippen LogP contribution in [0.1, 0.15) is 130 Å². The van der Waals surface area contributed by atoms with E-state index in [1.165, 1.54) is 44.4 Å². The van der Waals surface area contributed by atoms with Crippen LogP contribution in [0.3, 0.4) is 0 Å². The van der Waals surface area contributed by atoms with Crippen LogP contribution in [0.15, 0.2) is 48.5 Å². The molecule has 0 radical (unpaired) electrons. The molecule has 26 heteroatoms. The Morgan fingerprint density at radius 1 is 0.802 bits per heavy atom. The van der Waals surface area contributed by atoms with Gasteiger partial charge in [0.25, 0.3) is 0 Å². The first-order chi connectivity index (χ1) is 43.1. The lowest BCUT2D eigenvalue weighted by molar-refractivity contribution is -0.271. The second-order valence-electron chi connectivity index (χ2n) is 24.9. The van der Waals surface area contributed by atoms with Crippen LogP contribution < -0.4 is 31.3 Å². The van der Waals surface area contributed by atoms with E-state index in [4.69, 9.17) is 23.7 Å². The van der Waals surface area contributed by atoms with Crippen LogP contribution in [0.25, 0.3) is 0 Å². The summed E-state index contributed by atoms with van der Waals surface area (Å²) in [6, 6.07) is 9.42. The first-order valence-corrected chi connectivity index (χ1v) is 31.8. The lowest BCUT2D eigenvalue weighted by Crippen LogP contribution is -2.61. The quantitative estimate of drug-likeness (QED) is 0.0434. The molecule has 2 aliphatic rings. The van der Waals surface area contributed by atoms with E-state index in [0.717, 1.165) is 29.8 Å². The summed E-state index contributed by atoms with van der Waals surface area (Å²) in [6.45, 7) is 15.3. The number of carbonyl (C=O) groups is 8. The SMILES string of the molecule is CCC(C)C(C(CC(=O)N1CCCC1C(OC)C(C)C(=O)CC(C)C(O)c1ccccc1)OC)N(C)C(=O)C(NC(=O)C(C(C)C)N(C)C(=O)OCc1ccc(OC2OC(C(=O)O)C(O)[C@H](O)[C@@H]2O)c(NC(=O)CCNC(=O)C(CCCCNC)NC)c1)C(C)C. The fourth-order valence-electron chi connectivity index (χ4n) is 12.0. The van der Waals surface area contributed by atoms with Crippen LogP contribution in [0.2, 0.25) is 0 Å². The summed E-state index contributed by atoms with van der Waals surface area (Å²) in [4.78, 5) is 114. The summed E-state index contributed by atoms with van der Waals surface area (Å²) in [5, 5.41) is 66.6. The summed E-state index contributed by atoms with van der Waals surface area (Å²) in [5.74, 6) is -6.34. The molecule has 0 aromatic heterocycles. The molecule has 0 bridgehead atoms. The molecule has 0 spiro atoms. The van der Waals surface area contributed by atoms with Crippen molar-refractivity contribution in [3.8, 4) is 5.75 Å². The van der Waals surface area contributed by atoms with Gasteiger partial charge in [-0.2, -0.15) is 0 Å². The Morgan fingerprint density at radius 3 is 2.08 bits per heavy atom. The zero-order valence-corrected chi connectivity index (χ0v) is 55.6. The lowest BCUT2D eigenvalue weighted by Gasteiger charge is -2.41. The van der Waals surface area contributed by atoms with Gasteiger partial charge < -0.3 is 85.6 Å². The molecule has 2 aliphatic heterocycles. The molecule has 91 heavy (non-hydrogen) atoms. The zero-order valence-electron chi connectivity index (χ0n) is 55.6. The van der Waals surface area contributed by atoms with Crippen molar-refractivity contribution in [2.75, 3.05) is 67.4 Å². The van der Waals surface area contributed by atoms with E-state index in [1.54, 1.807) is 53.6 Å². The van der Waals surface area contributed by atoms with Gasteiger partial charge in [-0.3, -0.25) is 33.7 Å². The van der Waals surface area contributed by atoms with E-state index in [1.807, 2.05) is 58.2 Å². The highest BCUT2D eigenvalue weighted by molar-refractivity contribution is 5.93. The Labute approximate surface area is 536 Å². The van der Waals surface area contributed by atoms with Gasteiger partial charge in [0.15, 0.2) is 6.10 Å². The number of amides is 6. The number of rotatable bonds is 37. The summed E-state index contributed by atoms with van der Waals surface area (Å²) in [6.07, 6.45) is -9.13. The normalized spacial score (nSPS) is 21.6. The smallest absolute Gasteiger partial charge is 0.410 e. The van der Waals surface area contributed by atoms with Crippen molar-refractivity contribution in [3.05, 3.63) is 59.7 Å². The van der Waals surface area contributed by atoms with Crippen molar-refractivity contribution in [1.29, 1.82) is 0 Å². The number of likely N-dealkylation sites (N-methyl/N-ethyl adjacent to an activating group) is 3. The number of ether oxygens (including phenoxy) is 5. The number of carboxylic acids is 1. The lowest BCUT2D eigenvalue weighted by atomic mass is 9.85. The third-order valence-electron chi connectivity index (χ3n) is 17.6. The predicted octanol–water partition coefficient (Wildman–Crippen LogP) is 3.36. The fraction of sp³-hybridized carbons (Fsp3) is 0.692. The largest absolute Gasteiger partial charge is 0.479 e. The maximum absolute atomic E-state index is 14.9. The molecule has 2 saturated heterocycles. The molecule has 4 rings (SSSR count). The van der Waals surface area contributed by atoms with Crippen molar-refractivity contribution in [2.24, 2.45) is 29.6 Å². The van der Waals surface area contributed by atoms with Gasteiger partial charge in [-0.05, 0) is 93.3 Å². The third-order valence-corrected chi connectivity index (χ3v) is 17.6. The Morgan fingerprint density at radius 2 is 1.48 bits per heavy atom. The van der Waals surface area contributed by atoms with Gasteiger partial charge in [-0.15, -0.1) is 0 Å². The first-order valence-electron chi connectivity index (χ1n) is 31.8. The van der Waals surface area contributed by atoms with Crippen molar-refractivity contribution < 1.29 is 87.6 Å². The molecular formula is C65H104N8O18. The average molecular weight is 1290 g/mol. The number of Topliss-reactive ketones (excluding diaryl/α,β-unsaturated/α-hetero) is 1. The molecule has 14 unspecified atom stereocenters. The van der Waals surface area contributed by atoms with Crippen molar-refractivity contribution in [1.82, 2.24) is 36.0 Å². The maximum Gasteiger partial charge on any atom is 0.410 e. The number of hydrogen-bond acceptors (Lipinski definition) is 19. The highest BCUT2D eigenvalue weighted by atomic mass is 16.7. The summed E-state index contributed by atoms with van der Waals surface area (Å²) >= 11 is 0. The number of aliphatic hydroxyl groups excluding tert-OH is 4. The van der Waals surface area contributed by atoms with Crippen molar-refractivity contribution in [3.63, 3.8) is 0 Å². The van der Waals surface area contributed by atoms with E-state index in [0.29, 0.717) is 32.2 Å². The van der Waals surface area contributed by atoms with Gasteiger partial charge in [0.1, 0.15) is 48.5 Å². The first kappa shape index (κ1) is 77.1. The molecule has 16 atom stereocenters. The molecule has 0 saturated carbocycles. The molecule has 6 amide bonds. The van der Waals surface area contributed by atoms with Gasteiger partial charge in [-0.25, -0.2) is 9.59 Å². The Balaban J connectivity index is 1.49. The molecule has 26 nitrogen and oxygen atoms in total. The number of methoxy groups -OCH3 is 2. The van der Waals surface area contributed by atoms with Crippen LogP contribution in [-0.4, -0.2) is 223 Å². The van der Waals surface area contributed by atoms with E-state index < -0.39 is 133 Å². The minimum absolute atomic E-state index is 0.0657. The van der Waals surface area contributed by atoms with Crippen LogP contribution >= 0.6 is 0 Å². The van der Waals surface area contributed by atoms with E-state index >= 15 is 0 Å². The topological polar surface area (TPSA) is 354 Å². The summed E-state index contributed by atoms with van der Waals surface area (Å²) < 4.78 is 29.0. The van der Waals surface area contributed by atoms with Crippen LogP contribution in [0.4, 0.5) is 10.5 Å². The van der Waals surface area contributed by atoms with Crippen LogP contribution in [-0.2, 0) is 59.1 Å². The van der Waals surface area contributed by atoms with Crippen LogP contribution in [0, 0.1) is 29.6 Å². The zero-order chi connectivity index (χ0) is 68.0. The fourth-order valence-corrected chi connectivity index (χ4v) is 12.0. The standard InChI is InChI=1S/C65H104N8O18/c1-15-38(6)53(48(87-13)34-50(76)73-31-21-25-45(73)58(88-14)40(8)46(74)32-39(7)54(77)42-22-17-16-18-23-42)71(11)62(83)51(36(2)3)70-61(82)52(37(4)5)72(12)65(86)89-35-41-26-27-47(90-64-57(80)55(78)56(79)59(91-64)63(84)85)44(33-41)69-49(75)28-30-68-60(81)43(67-10)24-19-20-29-66-9/h16-18,22-23,26-27,33,36-40,43,45,48,51-59,64,66-67,77-80H,15,19-21,24-25,28-32,34-35H2,1-14H3,(H,68,81)(H,69,75)(H,70,82)(H,84,85)/t38?,39?,40?,43?,45?,48?,51?,52?,53?,54?,55-,56?,57-,58?,59?,64?/m0/s1. The number of unbranched alkanes of at least 4 members (excludes halogenated alkanes) is 1. The number of aliphatic hydroxyl groups is 4. The van der Waals surface area contributed by atoms with Crippen molar-refractivity contribution >= 4 is 53.1 Å². The molecule has 2 heterocycles. The number of likely N-dealkylation sites (tertiary alicyclic amines) is 1. The molecule has 0 aliphatic carbocycles. The minimum Gasteiger partial charge on any atom is -0.479 e. The molecule has 512 valence electrons. The summed E-state index contributed by atoms with van der Waals surface area (Å²) in [7, 11) is 9.51. The summed E-state index contributed by atoms with van der Waals surface area (Å²) in [5.41, 5.74) is 0.912. The average Bonchev–Trinajstić information content (AvgIpc) is 1.76. The van der Waals surface area contributed by atoms with Crippen LogP contribution in [0.5, 0.6) is 5.75 Å². The Kier molecular flexibility index (Phi) is 31.7. The number of aliphatic carboxylic acids is 1. The molecule has 10 N–H and O–H groups in total. The molecular weight excluding hydrogens is 1180 g/mol. The molecule has 2 fully saturated rings. The van der Waals surface area contributed by atoms with Gasteiger partial charge in [-0.1, -0.05) is 105 Å². The number of nitrogens with one attached hydrogen (secondary N) is 5. The van der Waals surface area contributed by atoms with E-state index in [2.05, 4.69) is 26.6 Å². The number of carbonyl (C=O) groups excluding carboxylic acids is 7. The van der Waals surface area contributed by atoms with Crippen molar-refractivity contribution in [2.45, 2.75) is 199 Å². The number of hydrogen-bond donors (Lipinski definition) is 10. The highest BCUT2D eigenvalue weighted by Crippen LogP contribution is 2.34. The second kappa shape index (κ2) is 37.4. The number of ketones is 1. The minimum atomic E-state index is -2.01. The second-order valence-corrected chi connectivity index (χ2v) is 24.9. The Bertz CT molecular complexity index is 2670.